The third-order valence-electron chi connectivity index (χ3n) is 7.36. The van der Waals surface area contributed by atoms with Crippen LogP contribution in [0.25, 0.3) is 0 Å². The number of rotatable bonds is 5. The summed E-state index contributed by atoms with van der Waals surface area (Å²) in [7, 11) is 1.64. The number of anilines is 3. The number of nitrogens with zero attached hydrogens (tertiary/aromatic N) is 3. The number of aromatic nitrogens is 1. The summed E-state index contributed by atoms with van der Waals surface area (Å²) in [6.07, 6.45) is 5.32. The van der Waals surface area contributed by atoms with Gasteiger partial charge in [0.15, 0.2) is 11.6 Å². The lowest BCUT2D eigenvalue weighted by molar-refractivity contribution is 0.0528. The number of aryl methyl sites for hydroxylation is 1. The lowest BCUT2D eigenvalue weighted by Gasteiger charge is -2.35. The number of ether oxygens (including phenoxy) is 2. The van der Waals surface area contributed by atoms with Crippen molar-refractivity contribution in [1.82, 2.24) is 4.98 Å². The van der Waals surface area contributed by atoms with E-state index in [4.69, 9.17) is 14.5 Å². The Morgan fingerprint density at radius 3 is 2.61 bits per heavy atom. The number of morpholine rings is 1. The Bertz CT molecular complexity index is 1030. The first kappa shape index (κ1) is 22.0. The van der Waals surface area contributed by atoms with E-state index in [-0.39, 0.29) is 12.0 Å². The SMILES string of the molecule is COc1ccc(NC(=O)c2ccc(C)cc2N2CCC3(CC2)CC3)nc1N1CCOC(C)C1. The van der Waals surface area contributed by atoms with E-state index in [1.165, 1.54) is 31.2 Å². The van der Waals surface area contributed by atoms with Gasteiger partial charge in [0.05, 0.1) is 25.4 Å². The molecule has 7 nitrogen and oxygen atoms in total. The quantitative estimate of drug-likeness (QED) is 0.734. The number of benzene rings is 1. The first-order valence-corrected chi connectivity index (χ1v) is 12.0. The van der Waals surface area contributed by atoms with Crippen molar-refractivity contribution < 1.29 is 14.3 Å². The molecule has 5 rings (SSSR count). The summed E-state index contributed by atoms with van der Waals surface area (Å²) >= 11 is 0. The molecule has 1 N–H and O–H groups in total. The molecule has 1 unspecified atom stereocenters. The van der Waals surface area contributed by atoms with Gasteiger partial charge in [-0.1, -0.05) is 6.07 Å². The number of pyridine rings is 1. The van der Waals surface area contributed by atoms with E-state index in [1.54, 1.807) is 13.2 Å². The normalized spacial score (nSPS) is 21.7. The molecule has 2 aromatic rings. The van der Waals surface area contributed by atoms with Crippen molar-refractivity contribution in [3.05, 3.63) is 41.5 Å². The summed E-state index contributed by atoms with van der Waals surface area (Å²) in [6, 6.07) is 9.76. The van der Waals surface area contributed by atoms with Gasteiger partial charge in [0.2, 0.25) is 0 Å². The maximum Gasteiger partial charge on any atom is 0.258 e. The van der Waals surface area contributed by atoms with Crippen molar-refractivity contribution >= 4 is 23.2 Å². The summed E-state index contributed by atoms with van der Waals surface area (Å²) in [5.74, 6) is 1.83. The molecule has 1 saturated carbocycles. The van der Waals surface area contributed by atoms with Crippen molar-refractivity contribution in [2.45, 2.75) is 45.6 Å². The summed E-state index contributed by atoms with van der Waals surface area (Å²) in [5, 5.41) is 3.04. The third kappa shape index (κ3) is 4.64. The van der Waals surface area contributed by atoms with Crippen molar-refractivity contribution in [3.63, 3.8) is 0 Å². The fourth-order valence-corrected chi connectivity index (χ4v) is 5.08. The predicted molar refractivity (Wildman–Crippen MR) is 131 cm³/mol. The highest BCUT2D eigenvalue weighted by Gasteiger charge is 2.44. The standard InChI is InChI=1S/C26H34N4O3/c1-18-4-5-20(21(16-18)29-12-10-26(8-9-26)11-13-29)25(31)28-23-7-6-22(32-3)24(27-23)30-14-15-33-19(2)17-30/h4-7,16,19H,8-15,17H2,1-3H3,(H,27,28,31). The molecule has 1 aliphatic carbocycles. The molecular weight excluding hydrogens is 416 g/mol. The smallest absolute Gasteiger partial charge is 0.258 e. The van der Waals surface area contributed by atoms with Crippen LogP contribution in [-0.4, -0.2) is 56.9 Å². The molecule has 0 radical (unpaired) electrons. The topological polar surface area (TPSA) is 66.9 Å². The van der Waals surface area contributed by atoms with E-state index < -0.39 is 0 Å². The number of piperidine rings is 1. The zero-order valence-electron chi connectivity index (χ0n) is 19.9. The second kappa shape index (κ2) is 8.86. The largest absolute Gasteiger partial charge is 0.493 e. The first-order valence-electron chi connectivity index (χ1n) is 12.0. The molecule has 1 aromatic heterocycles. The van der Waals surface area contributed by atoms with Crippen molar-refractivity contribution in [2.75, 3.05) is 55.0 Å². The van der Waals surface area contributed by atoms with Gasteiger partial charge in [0.25, 0.3) is 5.91 Å². The average molecular weight is 451 g/mol. The van der Waals surface area contributed by atoms with Gasteiger partial charge in [-0.2, -0.15) is 0 Å². The van der Waals surface area contributed by atoms with Crippen LogP contribution in [0.2, 0.25) is 0 Å². The Balaban J connectivity index is 1.37. The minimum atomic E-state index is -0.129. The maximum absolute atomic E-state index is 13.4. The summed E-state index contributed by atoms with van der Waals surface area (Å²) in [4.78, 5) is 22.7. The highest BCUT2D eigenvalue weighted by atomic mass is 16.5. The Labute approximate surface area is 196 Å². The Hall–Kier alpha value is -2.80. The molecule has 1 spiro atoms. The molecule has 1 atom stereocenters. The fourth-order valence-electron chi connectivity index (χ4n) is 5.08. The van der Waals surface area contributed by atoms with Crippen LogP contribution in [0.15, 0.2) is 30.3 Å². The molecule has 1 aromatic carbocycles. The number of nitrogens with one attached hydrogen (secondary N) is 1. The van der Waals surface area contributed by atoms with Gasteiger partial charge in [-0.05, 0) is 74.8 Å². The van der Waals surface area contributed by atoms with Crippen LogP contribution in [-0.2, 0) is 4.74 Å². The van der Waals surface area contributed by atoms with E-state index in [0.717, 1.165) is 37.7 Å². The van der Waals surface area contributed by atoms with Gasteiger partial charge in [-0.3, -0.25) is 4.79 Å². The van der Waals surface area contributed by atoms with Gasteiger partial charge >= 0.3 is 0 Å². The van der Waals surface area contributed by atoms with Crippen LogP contribution in [0, 0.1) is 12.3 Å². The molecule has 3 fully saturated rings. The molecule has 3 heterocycles. The van der Waals surface area contributed by atoms with Crippen LogP contribution in [0.4, 0.5) is 17.3 Å². The van der Waals surface area contributed by atoms with Gasteiger partial charge in [0.1, 0.15) is 5.82 Å². The zero-order chi connectivity index (χ0) is 23.0. The van der Waals surface area contributed by atoms with Crippen molar-refractivity contribution in [2.24, 2.45) is 5.41 Å². The van der Waals surface area contributed by atoms with Gasteiger partial charge in [-0.25, -0.2) is 4.98 Å². The van der Waals surface area contributed by atoms with Crippen molar-refractivity contribution in [3.8, 4) is 5.75 Å². The molecule has 33 heavy (non-hydrogen) atoms. The van der Waals surface area contributed by atoms with Crippen LogP contribution in [0.5, 0.6) is 5.75 Å². The highest BCUT2D eigenvalue weighted by molar-refractivity contribution is 6.08. The van der Waals surface area contributed by atoms with Crippen LogP contribution >= 0.6 is 0 Å². The second-order valence-corrected chi connectivity index (χ2v) is 9.81. The third-order valence-corrected chi connectivity index (χ3v) is 7.36. The summed E-state index contributed by atoms with van der Waals surface area (Å²) in [6.45, 7) is 8.29. The zero-order valence-corrected chi connectivity index (χ0v) is 19.9. The molecule has 2 saturated heterocycles. The van der Waals surface area contributed by atoms with E-state index in [2.05, 4.69) is 35.0 Å². The number of amides is 1. The predicted octanol–water partition coefficient (Wildman–Crippen LogP) is 4.26. The Morgan fingerprint density at radius 2 is 1.91 bits per heavy atom. The molecule has 176 valence electrons. The molecule has 0 bridgehead atoms. The summed E-state index contributed by atoms with van der Waals surface area (Å²) in [5.41, 5.74) is 3.49. The molecule has 2 aliphatic heterocycles. The minimum absolute atomic E-state index is 0.123. The van der Waals surface area contributed by atoms with Crippen molar-refractivity contribution in [1.29, 1.82) is 0 Å². The number of carbonyl (C=O) groups is 1. The number of hydrogen-bond donors (Lipinski definition) is 1. The van der Waals surface area contributed by atoms with Gasteiger partial charge in [-0.15, -0.1) is 0 Å². The Kier molecular flexibility index (Phi) is 5.91. The molecule has 7 heteroatoms. The fraction of sp³-hybridized carbons (Fsp3) is 0.538. The van der Waals surface area contributed by atoms with Crippen LogP contribution in [0.1, 0.15) is 48.5 Å². The monoisotopic (exact) mass is 450 g/mol. The average Bonchev–Trinajstić information content (AvgIpc) is 3.58. The van der Waals surface area contributed by atoms with E-state index in [1.807, 2.05) is 18.2 Å². The number of carbonyl (C=O) groups excluding carboxylic acids is 1. The number of methoxy groups -OCH3 is 1. The van der Waals surface area contributed by atoms with Gasteiger partial charge < -0.3 is 24.6 Å². The molecular formula is C26H34N4O3. The minimum Gasteiger partial charge on any atom is -0.493 e. The highest BCUT2D eigenvalue weighted by Crippen LogP contribution is 2.54. The van der Waals surface area contributed by atoms with E-state index in [0.29, 0.717) is 29.2 Å². The van der Waals surface area contributed by atoms with E-state index >= 15 is 0 Å². The van der Waals surface area contributed by atoms with Crippen LogP contribution < -0.4 is 19.9 Å². The molecule has 1 amide bonds. The Morgan fingerprint density at radius 1 is 1.12 bits per heavy atom. The maximum atomic E-state index is 13.4. The molecule has 3 aliphatic rings. The summed E-state index contributed by atoms with van der Waals surface area (Å²) < 4.78 is 11.2. The number of hydrogen-bond acceptors (Lipinski definition) is 6. The first-order chi connectivity index (χ1) is 16.0. The van der Waals surface area contributed by atoms with Crippen LogP contribution in [0.3, 0.4) is 0 Å². The lowest BCUT2D eigenvalue weighted by Crippen LogP contribution is -2.41. The lowest BCUT2D eigenvalue weighted by atomic mass is 9.92. The van der Waals surface area contributed by atoms with Gasteiger partial charge in [0, 0.05) is 31.9 Å². The second-order valence-electron chi connectivity index (χ2n) is 9.81. The van der Waals surface area contributed by atoms with E-state index in [9.17, 15) is 4.79 Å².